The van der Waals surface area contributed by atoms with E-state index in [2.05, 4.69) is 146 Å². The molecule has 1 aromatic heterocycles. The van der Waals surface area contributed by atoms with Gasteiger partial charge in [0, 0.05) is 27.6 Å². The van der Waals surface area contributed by atoms with Crippen molar-refractivity contribution in [1.29, 1.82) is 0 Å². The summed E-state index contributed by atoms with van der Waals surface area (Å²) in [4.78, 5) is 10.1. The molecular weight excluding hydrogens is 585 g/mol. The molecule has 0 fully saturated rings. The Hall–Kier alpha value is -6.06. The summed E-state index contributed by atoms with van der Waals surface area (Å²) in [6.45, 7) is 0. The first-order valence-corrected chi connectivity index (χ1v) is 16.6. The largest absolute Gasteiger partial charge is 0.457 e. The molecule has 0 radical (unpaired) electrons. The minimum atomic E-state index is -0.489. The van der Waals surface area contributed by atoms with Crippen LogP contribution in [0.5, 0.6) is 11.5 Å². The molecule has 0 saturated carbocycles. The second kappa shape index (κ2) is 11.6. The number of allylic oxidation sites excluding steroid dienone is 4. The standard InChI is InChI=1S/C45H32N2O/c1-4-15-31(16-5-1)44-46-40-25-12-10-23-37(40)43(47-44)34-18-14-17-32(29-34)33-27-28-42-39(30-33)45(35-19-6-2-7-20-35,36-21-8-3-9-22-36)38-24-11-13-26-41(38)48-42/h1-8,10-21,23-30H,9,22H2. The summed E-state index contributed by atoms with van der Waals surface area (Å²) in [5.41, 5.74) is 10.6. The van der Waals surface area contributed by atoms with Crippen molar-refractivity contribution in [2.75, 3.05) is 0 Å². The Morgan fingerprint density at radius 1 is 0.542 bits per heavy atom. The first-order chi connectivity index (χ1) is 23.8. The van der Waals surface area contributed by atoms with Crippen LogP contribution in [-0.4, -0.2) is 9.97 Å². The molecule has 0 bridgehead atoms. The van der Waals surface area contributed by atoms with Gasteiger partial charge in [-0.3, -0.25) is 0 Å². The third-order valence-corrected chi connectivity index (χ3v) is 9.70. The van der Waals surface area contributed by atoms with Crippen LogP contribution in [0, 0.1) is 0 Å². The van der Waals surface area contributed by atoms with E-state index in [1.165, 1.54) is 16.7 Å². The van der Waals surface area contributed by atoms with E-state index in [1.54, 1.807) is 0 Å². The number of benzene rings is 6. The van der Waals surface area contributed by atoms with Gasteiger partial charge in [-0.05, 0) is 59.9 Å². The van der Waals surface area contributed by atoms with Crippen LogP contribution in [-0.2, 0) is 5.41 Å². The maximum Gasteiger partial charge on any atom is 0.160 e. The van der Waals surface area contributed by atoms with Crippen molar-refractivity contribution in [2.24, 2.45) is 0 Å². The van der Waals surface area contributed by atoms with Gasteiger partial charge in [0.2, 0.25) is 0 Å². The minimum Gasteiger partial charge on any atom is -0.457 e. The summed E-state index contributed by atoms with van der Waals surface area (Å²) in [6.07, 6.45) is 8.78. The van der Waals surface area contributed by atoms with Gasteiger partial charge in [0.1, 0.15) is 11.5 Å². The molecule has 9 rings (SSSR count). The summed E-state index contributed by atoms with van der Waals surface area (Å²) in [5, 5.41) is 1.03. The molecule has 0 amide bonds. The van der Waals surface area contributed by atoms with Crippen molar-refractivity contribution in [3.05, 3.63) is 192 Å². The fourth-order valence-electron chi connectivity index (χ4n) is 7.53. The van der Waals surface area contributed by atoms with Crippen molar-refractivity contribution < 1.29 is 4.74 Å². The maximum atomic E-state index is 6.67. The summed E-state index contributed by atoms with van der Waals surface area (Å²) < 4.78 is 6.67. The van der Waals surface area contributed by atoms with Crippen LogP contribution < -0.4 is 4.74 Å². The van der Waals surface area contributed by atoms with Crippen LogP contribution in [0.15, 0.2) is 175 Å². The Labute approximate surface area is 280 Å². The zero-order valence-electron chi connectivity index (χ0n) is 26.4. The van der Waals surface area contributed by atoms with E-state index in [0.717, 1.165) is 74.6 Å². The molecule has 7 aromatic rings. The van der Waals surface area contributed by atoms with Crippen LogP contribution in [0.25, 0.3) is 44.7 Å². The summed E-state index contributed by atoms with van der Waals surface area (Å²) in [7, 11) is 0. The molecule has 2 aliphatic rings. The molecule has 3 heteroatoms. The third-order valence-electron chi connectivity index (χ3n) is 9.70. The lowest BCUT2D eigenvalue weighted by Crippen LogP contribution is -2.35. The molecule has 0 saturated heterocycles. The molecule has 1 unspecified atom stereocenters. The van der Waals surface area contributed by atoms with Crippen molar-refractivity contribution in [2.45, 2.75) is 18.3 Å². The van der Waals surface area contributed by atoms with Gasteiger partial charge in [-0.1, -0.05) is 145 Å². The van der Waals surface area contributed by atoms with E-state index in [9.17, 15) is 0 Å². The van der Waals surface area contributed by atoms with E-state index < -0.39 is 5.41 Å². The Morgan fingerprint density at radius 3 is 2.10 bits per heavy atom. The van der Waals surface area contributed by atoms with E-state index in [1.807, 2.05) is 24.3 Å². The van der Waals surface area contributed by atoms with Gasteiger partial charge < -0.3 is 4.74 Å². The highest BCUT2D eigenvalue weighted by Gasteiger charge is 2.46. The smallest absolute Gasteiger partial charge is 0.160 e. The number of nitrogens with zero attached hydrogens (tertiary/aromatic N) is 2. The molecular formula is C45H32N2O. The highest BCUT2D eigenvalue weighted by Crippen LogP contribution is 2.57. The van der Waals surface area contributed by atoms with Gasteiger partial charge in [0.15, 0.2) is 5.82 Å². The highest BCUT2D eigenvalue weighted by molar-refractivity contribution is 5.94. The Balaban J connectivity index is 1.24. The van der Waals surface area contributed by atoms with Crippen molar-refractivity contribution in [3.8, 4) is 45.3 Å². The second-order valence-electron chi connectivity index (χ2n) is 12.4. The topological polar surface area (TPSA) is 35.0 Å². The maximum absolute atomic E-state index is 6.67. The van der Waals surface area contributed by atoms with Gasteiger partial charge >= 0.3 is 0 Å². The molecule has 3 nitrogen and oxygen atoms in total. The molecule has 2 heterocycles. The Bertz CT molecular complexity index is 2380. The van der Waals surface area contributed by atoms with Crippen LogP contribution in [0.1, 0.15) is 29.5 Å². The van der Waals surface area contributed by atoms with Crippen LogP contribution in [0.4, 0.5) is 0 Å². The average Bonchev–Trinajstić information content (AvgIpc) is 3.17. The van der Waals surface area contributed by atoms with Crippen molar-refractivity contribution in [1.82, 2.24) is 9.97 Å². The number of hydrogen-bond donors (Lipinski definition) is 0. The van der Waals surface area contributed by atoms with E-state index >= 15 is 0 Å². The first-order valence-electron chi connectivity index (χ1n) is 16.6. The van der Waals surface area contributed by atoms with Gasteiger partial charge in [-0.25, -0.2) is 9.97 Å². The molecule has 0 N–H and O–H groups in total. The first kappa shape index (κ1) is 28.2. The Morgan fingerprint density at radius 2 is 1.25 bits per heavy atom. The zero-order chi connectivity index (χ0) is 31.9. The molecule has 1 aliphatic carbocycles. The van der Waals surface area contributed by atoms with Crippen LogP contribution in [0.2, 0.25) is 0 Å². The van der Waals surface area contributed by atoms with Crippen molar-refractivity contribution >= 4 is 10.9 Å². The number of fused-ring (bicyclic) bond motifs is 3. The van der Waals surface area contributed by atoms with Gasteiger partial charge in [-0.15, -0.1) is 0 Å². The minimum absolute atomic E-state index is 0.489. The molecule has 228 valence electrons. The number of rotatable bonds is 5. The van der Waals surface area contributed by atoms with Crippen LogP contribution in [0.3, 0.4) is 0 Å². The fourth-order valence-corrected chi connectivity index (χ4v) is 7.53. The zero-order valence-corrected chi connectivity index (χ0v) is 26.4. The molecule has 1 atom stereocenters. The average molecular weight is 617 g/mol. The normalized spacial score (nSPS) is 16.5. The molecule has 48 heavy (non-hydrogen) atoms. The highest BCUT2D eigenvalue weighted by atomic mass is 16.5. The number of para-hydroxylation sites is 2. The number of hydrogen-bond acceptors (Lipinski definition) is 3. The summed E-state index contributed by atoms with van der Waals surface area (Å²) in [6, 6.07) is 53.4. The molecule has 0 spiro atoms. The van der Waals surface area contributed by atoms with E-state index in [4.69, 9.17) is 14.7 Å². The van der Waals surface area contributed by atoms with Crippen molar-refractivity contribution in [3.63, 3.8) is 0 Å². The quantitative estimate of drug-likeness (QED) is 0.193. The summed E-state index contributed by atoms with van der Waals surface area (Å²) >= 11 is 0. The van der Waals surface area contributed by atoms with E-state index in [-0.39, 0.29) is 0 Å². The third kappa shape index (κ3) is 4.58. The lowest BCUT2D eigenvalue weighted by molar-refractivity contribution is 0.430. The SMILES string of the molecule is C1=CCCC(C2(c3ccccc3)c3ccccc3Oc3ccc(-c4cccc(-c5nc(-c6ccccc6)nc6ccccc56)c4)cc32)=C1. The fraction of sp³-hybridized carbons (Fsp3) is 0.0667. The number of ether oxygens (including phenoxy) is 1. The monoisotopic (exact) mass is 616 g/mol. The lowest BCUT2D eigenvalue weighted by Gasteiger charge is -2.43. The predicted octanol–water partition coefficient (Wildman–Crippen LogP) is 11.3. The van der Waals surface area contributed by atoms with Gasteiger partial charge in [-0.2, -0.15) is 0 Å². The lowest BCUT2D eigenvalue weighted by atomic mass is 9.61. The Kier molecular flexibility index (Phi) is 6.83. The molecule has 1 aliphatic heterocycles. The second-order valence-corrected chi connectivity index (χ2v) is 12.4. The predicted molar refractivity (Wildman–Crippen MR) is 195 cm³/mol. The number of aromatic nitrogens is 2. The summed E-state index contributed by atoms with van der Waals surface area (Å²) in [5.74, 6) is 2.52. The molecule has 6 aromatic carbocycles. The van der Waals surface area contributed by atoms with Gasteiger partial charge in [0.25, 0.3) is 0 Å². The van der Waals surface area contributed by atoms with E-state index in [0.29, 0.717) is 0 Å². The van der Waals surface area contributed by atoms with Crippen LogP contribution >= 0.6 is 0 Å². The van der Waals surface area contributed by atoms with Gasteiger partial charge in [0.05, 0.1) is 16.6 Å².